The van der Waals surface area contributed by atoms with E-state index < -0.39 is 12.4 Å². The summed E-state index contributed by atoms with van der Waals surface area (Å²) in [4.78, 5) is 11.3. The van der Waals surface area contributed by atoms with Gasteiger partial charge < -0.3 is 4.74 Å². The lowest BCUT2D eigenvalue weighted by Crippen LogP contribution is -2.27. The minimum Gasteiger partial charge on any atom is -0.465 e. The van der Waals surface area contributed by atoms with E-state index in [4.69, 9.17) is 4.74 Å². The van der Waals surface area contributed by atoms with Crippen LogP contribution >= 0.6 is 15.9 Å². The summed E-state index contributed by atoms with van der Waals surface area (Å²) in [6, 6.07) is 1.21. The molecule has 0 fully saturated rings. The molecule has 0 saturated heterocycles. The third kappa shape index (κ3) is 7.56. The van der Waals surface area contributed by atoms with Gasteiger partial charge in [-0.05, 0) is 20.3 Å². The molecule has 2 nitrogen and oxygen atoms in total. The number of carbonyl (C=O) groups is 1. The number of ether oxygens (including phenoxy) is 1. The van der Waals surface area contributed by atoms with Crippen molar-refractivity contribution in [1.29, 1.82) is 0 Å². The van der Waals surface area contributed by atoms with Crippen LogP contribution in [0.2, 0.25) is 25.7 Å². The van der Waals surface area contributed by atoms with E-state index in [1.54, 1.807) is 13.8 Å². The van der Waals surface area contributed by atoms with E-state index in [0.717, 1.165) is 6.42 Å². The van der Waals surface area contributed by atoms with Crippen molar-refractivity contribution in [2.24, 2.45) is 0 Å². The van der Waals surface area contributed by atoms with Gasteiger partial charge in [-0.25, -0.2) is 0 Å². The van der Waals surface area contributed by atoms with Crippen LogP contribution in [0.1, 0.15) is 20.3 Å². The van der Waals surface area contributed by atoms with Crippen LogP contribution in [-0.2, 0) is 9.53 Å². The van der Waals surface area contributed by atoms with Crippen LogP contribution in [0.3, 0.4) is 0 Å². The summed E-state index contributed by atoms with van der Waals surface area (Å²) in [5, 5.41) is 0. The Kier molecular flexibility index (Phi) is 5.37. The number of alkyl halides is 1. The summed E-state index contributed by atoms with van der Waals surface area (Å²) in [7, 11) is -0.978. The first-order valence-corrected chi connectivity index (χ1v) is 9.49. The molecule has 0 saturated carbocycles. The van der Waals surface area contributed by atoms with E-state index in [2.05, 4.69) is 35.6 Å². The van der Waals surface area contributed by atoms with Crippen molar-refractivity contribution in [2.75, 3.05) is 6.61 Å². The molecule has 0 aliphatic heterocycles. The van der Waals surface area contributed by atoms with Crippen molar-refractivity contribution in [3.8, 4) is 0 Å². The summed E-state index contributed by atoms with van der Waals surface area (Å²) in [5.74, 6) is -0.173. The van der Waals surface area contributed by atoms with E-state index in [-0.39, 0.29) is 5.97 Å². The van der Waals surface area contributed by atoms with Gasteiger partial charge in [-0.2, -0.15) is 0 Å². The molecular weight excluding hydrogens is 260 g/mol. The first-order valence-electron chi connectivity index (χ1n) is 4.99. The van der Waals surface area contributed by atoms with Crippen LogP contribution < -0.4 is 0 Å². The minimum absolute atomic E-state index is 0.173. The second-order valence-electron chi connectivity index (χ2n) is 5.27. The van der Waals surface area contributed by atoms with Gasteiger partial charge in [0.2, 0.25) is 0 Å². The van der Waals surface area contributed by atoms with Crippen LogP contribution in [0.4, 0.5) is 0 Å². The van der Waals surface area contributed by atoms with Gasteiger partial charge in [0.1, 0.15) is 4.32 Å². The lowest BCUT2D eigenvalue weighted by molar-refractivity contribution is -0.145. The Balaban J connectivity index is 3.62. The monoisotopic (exact) mass is 280 g/mol. The molecule has 84 valence electrons. The van der Waals surface area contributed by atoms with Crippen LogP contribution in [0.25, 0.3) is 0 Å². The summed E-state index contributed by atoms with van der Waals surface area (Å²) in [5.41, 5.74) is 0. The molecule has 0 radical (unpaired) electrons. The number of hydrogen-bond donors (Lipinski definition) is 0. The van der Waals surface area contributed by atoms with Crippen LogP contribution in [0.15, 0.2) is 0 Å². The normalized spacial score (nSPS) is 12.7. The van der Waals surface area contributed by atoms with Gasteiger partial charge in [0, 0.05) is 8.07 Å². The summed E-state index contributed by atoms with van der Waals surface area (Å²) >= 11 is 3.27. The highest BCUT2D eigenvalue weighted by atomic mass is 79.9. The predicted octanol–water partition coefficient (Wildman–Crippen LogP) is 3.43. The first kappa shape index (κ1) is 14.2. The zero-order valence-electron chi connectivity index (χ0n) is 9.82. The topological polar surface area (TPSA) is 26.3 Å². The molecule has 0 aliphatic rings. The molecule has 0 atom stereocenters. The maximum Gasteiger partial charge on any atom is 0.322 e. The number of rotatable bonds is 5. The zero-order valence-corrected chi connectivity index (χ0v) is 12.4. The van der Waals surface area contributed by atoms with E-state index in [9.17, 15) is 4.79 Å². The highest BCUT2D eigenvalue weighted by Crippen LogP contribution is 2.18. The average Bonchev–Trinajstić information content (AvgIpc) is 1.93. The van der Waals surface area contributed by atoms with Crippen molar-refractivity contribution in [3.05, 3.63) is 0 Å². The van der Waals surface area contributed by atoms with Crippen molar-refractivity contribution < 1.29 is 9.53 Å². The van der Waals surface area contributed by atoms with Gasteiger partial charge >= 0.3 is 5.97 Å². The van der Waals surface area contributed by atoms with E-state index >= 15 is 0 Å². The molecule has 0 bridgehead atoms. The van der Waals surface area contributed by atoms with Crippen LogP contribution in [-0.4, -0.2) is 25.0 Å². The standard InChI is InChI=1S/C10H21BrO2Si/c1-10(2,11)9(12)13-7-6-8-14(3,4)5/h6-8H2,1-5H3. The quantitative estimate of drug-likeness (QED) is 0.334. The van der Waals surface area contributed by atoms with Gasteiger partial charge in [0.15, 0.2) is 0 Å². The fourth-order valence-corrected chi connectivity index (χ4v) is 2.26. The second kappa shape index (κ2) is 5.31. The Hall–Kier alpha value is 0.167. The number of halogens is 1. The molecule has 14 heavy (non-hydrogen) atoms. The molecule has 0 spiro atoms. The first-order chi connectivity index (χ1) is 6.13. The predicted molar refractivity (Wildman–Crippen MR) is 66.7 cm³/mol. The third-order valence-corrected chi connectivity index (χ3v) is 3.97. The van der Waals surface area contributed by atoms with Crippen LogP contribution in [0, 0.1) is 0 Å². The van der Waals surface area contributed by atoms with E-state index in [1.807, 2.05) is 0 Å². The Bertz CT molecular complexity index is 191. The molecule has 4 heteroatoms. The molecule has 0 amide bonds. The molecule has 0 aromatic carbocycles. The average molecular weight is 281 g/mol. The number of esters is 1. The Morgan fingerprint density at radius 3 is 2.21 bits per heavy atom. The van der Waals surface area contributed by atoms with Crippen molar-refractivity contribution in [2.45, 2.75) is 50.3 Å². The molecule has 0 rings (SSSR count). The second-order valence-corrected chi connectivity index (χ2v) is 12.9. The summed E-state index contributed by atoms with van der Waals surface area (Å²) < 4.78 is 4.59. The molecule has 0 aromatic rings. The van der Waals surface area contributed by atoms with Crippen molar-refractivity contribution in [3.63, 3.8) is 0 Å². The van der Waals surface area contributed by atoms with Gasteiger partial charge in [0.05, 0.1) is 6.61 Å². The Morgan fingerprint density at radius 1 is 1.36 bits per heavy atom. The minimum atomic E-state index is -0.978. The Labute approximate surface area is 96.5 Å². The highest BCUT2D eigenvalue weighted by Gasteiger charge is 2.25. The molecular formula is C10H21BrO2Si. The fourth-order valence-electron chi connectivity index (χ4n) is 0.939. The Morgan fingerprint density at radius 2 is 1.86 bits per heavy atom. The molecule has 0 heterocycles. The third-order valence-electron chi connectivity index (χ3n) is 1.79. The molecule has 0 aromatic heterocycles. The fraction of sp³-hybridized carbons (Fsp3) is 0.900. The molecule has 0 N–H and O–H groups in total. The summed E-state index contributed by atoms with van der Waals surface area (Å²) in [6.07, 6.45) is 0.991. The molecule has 0 aliphatic carbocycles. The van der Waals surface area contributed by atoms with Gasteiger partial charge in [-0.3, -0.25) is 4.79 Å². The van der Waals surface area contributed by atoms with Crippen LogP contribution in [0.5, 0.6) is 0 Å². The van der Waals surface area contributed by atoms with Gasteiger partial charge in [0.25, 0.3) is 0 Å². The SMILES string of the molecule is CC(C)(Br)C(=O)OCCC[Si](C)(C)C. The largest absolute Gasteiger partial charge is 0.465 e. The number of carbonyl (C=O) groups excluding carboxylic acids is 1. The van der Waals surface area contributed by atoms with Gasteiger partial charge in [-0.15, -0.1) is 0 Å². The smallest absolute Gasteiger partial charge is 0.322 e. The zero-order chi connectivity index (χ0) is 11.4. The highest BCUT2D eigenvalue weighted by molar-refractivity contribution is 9.10. The lowest BCUT2D eigenvalue weighted by atomic mass is 10.2. The summed E-state index contributed by atoms with van der Waals surface area (Å²) in [6.45, 7) is 11.1. The maximum absolute atomic E-state index is 11.3. The van der Waals surface area contributed by atoms with Crippen molar-refractivity contribution in [1.82, 2.24) is 0 Å². The lowest BCUT2D eigenvalue weighted by Gasteiger charge is -2.17. The van der Waals surface area contributed by atoms with Crippen molar-refractivity contribution >= 4 is 30.0 Å². The molecule has 0 unspecified atom stereocenters. The van der Waals surface area contributed by atoms with E-state index in [1.165, 1.54) is 6.04 Å². The number of hydrogen-bond acceptors (Lipinski definition) is 2. The van der Waals surface area contributed by atoms with Gasteiger partial charge in [-0.1, -0.05) is 41.6 Å². The van der Waals surface area contributed by atoms with E-state index in [0.29, 0.717) is 6.61 Å². The maximum atomic E-state index is 11.3.